The van der Waals surface area contributed by atoms with Crippen molar-refractivity contribution in [2.24, 2.45) is 23.5 Å². The van der Waals surface area contributed by atoms with E-state index >= 15 is 0 Å². The molecule has 1 aliphatic heterocycles. The number of rotatable bonds is 2. The van der Waals surface area contributed by atoms with E-state index in [-0.39, 0.29) is 6.04 Å². The van der Waals surface area contributed by atoms with Crippen LogP contribution in [0.25, 0.3) is 0 Å². The molecule has 2 aliphatic carbocycles. The summed E-state index contributed by atoms with van der Waals surface area (Å²) in [5, 5.41) is 0. The quantitative estimate of drug-likeness (QED) is 0.794. The highest BCUT2D eigenvalue weighted by atomic mass is 16.2. The van der Waals surface area contributed by atoms with Crippen LogP contribution in [0.2, 0.25) is 0 Å². The lowest BCUT2D eigenvalue weighted by Crippen LogP contribution is -2.34. The summed E-state index contributed by atoms with van der Waals surface area (Å²) in [7, 11) is 0. The van der Waals surface area contributed by atoms with Crippen molar-refractivity contribution in [3.8, 4) is 0 Å². The first-order valence-electron chi connectivity index (χ1n) is 7.27. The van der Waals surface area contributed by atoms with E-state index in [1.54, 1.807) is 0 Å². The third kappa shape index (κ3) is 2.22. The van der Waals surface area contributed by atoms with Gasteiger partial charge in [0.1, 0.15) is 0 Å². The van der Waals surface area contributed by atoms with Gasteiger partial charge in [-0.25, -0.2) is 0 Å². The van der Waals surface area contributed by atoms with Crippen molar-refractivity contribution in [2.75, 3.05) is 13.1 Å². The smallest absolute Gasteiger partial charge is 0.222 e. The molecule has 0 radical (unpaired) electrons. The van der Waals surface area contributed by atoms with Crippen molar-refractivity contribution in [3.63, 3.8) is 0 Å². The molecule has 3 fully saturated rings. The second-order valence-electron chi connectivity index (χ2n) is 6.31. The van der Waals surface area contributed by atoms with Crippen LogP contribution >= 0.6 is 0 Å². The summed E-state index contributed by atoms with van der Waals surface area (Å²) in [6.45, 7) is 2.07. The number of likely N-dealkylation sites (tertiary alicyclic amines) is 1. The summed E-state index contributed by atoms with van der Waals surface area (Å²) in [5.41, 5.74) is 6.05. The molecule has 1 heterocycles. The van der Waals surface area contributed by atoms with Gasteiger partial charge in [-0.3, -0.25) is 4.79 Å². The van der Waals surface area contributed by atoms with Gasteiger partial charge in [0, 0.05) is 25.6 Å². The van der Waals surface area contributed by atoms with Crippen LogP contribution in [0.1, 0.15) is 44.9 Å². The van der Waals surface area contributed by atoms with Crippen molar-refractivity contribution >= 4 is 5.91 Å². The van der Waals surface area contributed by atoms with Crippen LogP contribution in [0.4, 0.5) is 0 Å². The van der Waals surface area contributed by atoms with Crippen LogP contribution < -0.4 is 5.73 Å². The molecule has 2 unspecified atom stereocenters. The van der Waals surface area contributed by atoms with Gasteiger partial charge in [-0.2, -0.15) is 0 Å². The third-order valence-electron chi connectivity index (χ3n) is 5.23. The Bertz CT molecular complexity index is 293. The topological polar surface area (TPSA) is 46.3 Å². The van der Waals surface area contributed by atoms with E-state index < -0.39 is 0 Å². The summed E-state index contributed by atoms with van der Waals surface area (Å²) in [4.78, 5) is 14.4. The van der Waals surface area contributed by atoms with E-state index in [1.165, 1.54) is 25.7 Å². The molecule has 0 aromatic carbocycles. The molecule has 1 amide bonds. The maximum absolute atomic E-state index is 12.2. The molecule has 3 heteroatoms. The molecule has 0 bridgehead atoms. The average molecular weight is 236 g/mol. The Morgan fingerprint density at radius 2 is 1.71 bits per heavy atom. The number of nitrogens with zero attached hydrogens (tertiary/aromatic N) is 1. The second kappa shape index (κ2) is 4.60. The highest BCUT2D eigenvalue weighted by molar-refractivity contribution is 5.77. The Morgan fingerprint density at radius 3 is 2.29 bits per heavy atom. The molecule has 2 saturated carbocycles. The second-order valence-corrected chi connectivity index (χ2v) is 6.31. The summed E-state index contributed by atoms with van der Waals surface area (Å²) < 4.78 is 0. The van der Waals surface area contributed by atoms with E-state index in [4.69, 9.17) is 5.73 Å². The van der Waals surface area contributed by atoms with Crippen molar-refractivity contribution in [2.45, 2.75) is 51.0 Å². The lowest BCUT2D eigenvalue weighted by Gasteiger charge is -2.21. The van der Waals surface area contributed by atoms with Crippen LogP contribution in [0.5, 0.6) is 0 Å². The van der Waals surface area contributed by atoms with Crippen molar-refractivity contribution in [1.29, 1.82) is 0 Å². The normalized spacial score (nSPS) is 40.9. The number of amides is 1. The number of carbonyl (C=O) groups excluding carboxylic acids is 1. The molecule has 1 saturated heterocycles. The van der Waals surface area contributed by atoms with E-state index in [0.29, 0.717) is 18.2 Å². The molecule has 3 nitrogen and oxygen atoms in total. The minimum absolute atomic E-state index is 0.279. The van der Waals surface area contributed by atoms with Gasteiger partial charge in [0.15, 0.2) is 0 Å². The summed E-state index contributed by atoms with van der Waals surface area (Å²) in [5.74, 6) is 2.47. The molecule has 0 aromatic heterocycles. The van der Waals surface area contributed by atoms with Crippen molar-refractivity contribution < 1.29 is 4.79 Å². The van der Waals surface area contributed by atoms with Crippen LogP contribution in [-0.4, -0.2) is 29.9 Å². The SMILES string of the molecule is N[C@@H]1CCC[C@H]1CC(=O)N1CC2CCCC2C1. The summed E-state index contributed by atoms with van der Waals surface area (Å²) in [6.07, 6.45) is 8.27. The molecule has 2 N–H and O–H groups in total. The van der Waals surface area contributed by atoms with Gasteiger partial charge in [0.25, 0.3) is 0 Å². The minimum Gasteiger partial charge on any atom is -0.342 e. The van der Waals surface area contributed by atoms with Crippen LogP contribution in [0.3, 0.4) is 0 Å². The van der Waals surface area contributed by atoms with E-state index in [9.17, 15) is 4.79 Å². The van der Waals surface area contributed by atoms with Gasteiger partial charge in [0.2, 0.25) is 5.91 Å². The Hall–Kier alpha value is -0.570. The van der Waals surface area contributed by atoms with Crippen LogP contribution in [0.15, 0.2) is 0 Å². The number of fused-ring (bicyclic) bond motifs is 1. The highest BCUT2D eigenvalue weighted by Gasteiger charge is 2.38. The molecule has 0 spiro atoms. The van der Waals surface area contributed by atoms with Gasteiger partial charge in [-0.05, 0) is 43.4 Å². The maximum Gasteiger partial charge on any atom is 0.222 e. The third-order valence-corrected chi connectivity index (χ3v) is 5.23. The first-order valence-corrected chi connectivity index (χ1v) is 7.27. The van der Waals surface area contributed by atoms with Crippen LogP contribution in [0, 0.1) is 17.8 Å². The standard InChI is InChI=1S/C14H24N2O/c15-13-6-2-3-10(13)7-14(17)16-8-11-4-1-5-12(11)9-16/h10-13H,1-9,15H2/t10-,11?,12?,13+/m0/s1. The van der Waals surface area contributed by atoms with Gasteiger partial charge in [-0.15, -0.1) is 0 Å². The maximum atomic E-state index is 12.2. The molecule has 17 heavy (non-hydrogen) atoms. The molecule has 4 atom stereocenters. The fraction of sp³-hybridized carbons (Fsp3) is 0.929. The highest BCUT2D eigenvalue weighted by Crippen LogP contribution is 2.38. The predicted molar refractivity (Wildman–Crippen MR) is 67.3 cm³/mol. The molecule has 0 aromatic rings. The Morgan fingerprint density at radius 1 is 1.06 bits per heavy atom. The largest absolute Gasteiger partial charge is 0.342 e. The number of hydrogen-bond acceptors (Lipinski definition) is 2. The van der Waals surface area contributed by atoms with Crippen LogP contribution in [-0.2, 0) is 4.79 Å². The first-order chi connectivity index (χ1) is 8.24. The number of nitrogens with two attached hydrogens (primary N) is 1. The fourth-order valence-electron chi connectivity index (χ4n) is 4.11. The molecular formula is C14H24N2O. The fourth-order valence-corrected chi connectivity index (χ4v) is 4.11. The summed E-state index contributed by atoms with van der Waals surface area (Å²) in [6, 6.07) is 0.279. The minimum atomic E-state index is 0.279. The van der Waals surface area contributed by atoms with E-state index in [1.807, 2.05) is 0 Å². The van der Waals surface area contributed by atoms with Gasteiger partial charge in [-0.1, -0.05) is 12.8 Å². The van der Waals surface area contributed by atoms with E-state index in [0.717, 1.165) is 37.8 Å². The predicted octanol–water partition coefficient (Wildman–Crippen LogP) is 1.76. The van der Waals surface area contributed by atoms with Gasteiger partial charge >= 0.3 is 0 Å². The zero-order valence-corrected chi connectivity index (χ0v) is 10.6. The van der Waals surface area contributed by atoms with Gasteiger partial charge < -0.3 is 10.6 Å². The Balaban J connectivity index is 1.53. The van der Waals surface area contributed by atoms with Crippen molar-refractivity contribution in [3.05, 3.63) is 0 Å². The lowest BCUT2D eigenvalue weighted by atomic mass is 9.99. The zero-order valence-electron chi connectivity index (χ0n) is 10.6. The van der Waals surface area contributed by atoms with Gasteiger partial charge in [0.05, 0.1) is 0 Å². The van der Waals surface area contributed by atoms with E-state index in [2.05, 4.69) is 4.90 Å². The molecular weight excluding hydrogens is 212 g/mol. The number of carbonyl (C=O) groups is 1. The molecule has 96 valence electrons. The molecule has 3 aliphatic rings. The van der Waals surface area contributed by atoms with Crippen molar-refractivity contribution in [1.82, 2.24) is 4.90 Å². The average Bonchev–Trinajstić information content (AvgIpc) is 2.93. The lowest BCUT2D eigenvalue weighted by molar-refractivity contribution is -0.131. The Labute approximate surface area is 104 Å². The Kier molecular flexibility index (Phi) is 3.12. The monoisotopic (exact) mass is 236 g/mol. The first kappa shape index (κ1) is 11.5. The number of hydrogen-bond donors (Lipinski definition) is 1. The zero-order chi connectivity index (χ0) is 11.8. The molecule has 3 rings (SSSR count). The summed E-state index contributed by atoms with van der Waals surface area (Å²) >= 11 is 0.